The number of aromatic nitrogens is 2. The number of nitrogens with one attached hydrogen (secondary N) is 1. The minimum atomic E-state index is -0.597. The molecule has 16 heavy (non-hydrogen) atoms. The van der Waals surface area contributed by atoms with Gasteiger partial charge in [-0.15, -0.1) is 0 Å². The van der Waals surface area contributed by atoms with Gasteiger partial charge in [-0.25, -0.2) is 0 Å². The summed E-state index contributed by atoms with van der Waals surface area (Å²) in [5.74, 6) is -0.597. The van der Waals surface area contributed by atoms with Gasteiger partial charge in [0.1, 0.15) is 6.61 Å². The van der Waals surface area contributed by atoms with Crippen molar-refractivity contribution in [3.8, 4) is 0 Å². The molecule has 2 aromatic rings. The molecule has 0 fully saturated rings. The number of carbonyl (C=O) groups excluding carboxylic acids is 2. The molecule has 3 N–H and O–H groups in total. The van der Waals surface area contributed by atoms with Crippen LogP contribution in [0.4, 0.5) is 0 Å². The summed E-state index contributed by atoms with van der Waals surface area (Å²) in [5, 5.41) is 7.12. The molecule has 2 rings (SSSR count). The normalized spacial score (nSPS) is 10.2. The van der Waals surface area contributed by atoms with E-state index in [-0.39, 0.29) is 12.3 Å². The first-order chi connectivity index (χ1) is 7.72. The van der Waals surface area contributed by atoms with Crippen molar-refractivity contribution in [3.05, 3.63) is 29.5 Å². The highest BCUT2D eigenvalue weighted by Crippen LogP contribution is 2.17. The Kier molecular flexibility index (Phi) is 2.55. The molecule has 1 aromatic carbocycles. The lowest BCUT2D eigenvalue weighted by molar-refractivity contribution is -0.129. The topological polar surface area (TPSA) is 98.1 Å². The van der Waals surface area contributed by atoms with Crippen LogP contribution >= 0.6 is 0 Å². The molecule has 0 aliphatic heterocycles. The zero-order valence-electron chi connectivity index (χ0n) is 8.27. The van der Waals surface area contributed by atoms with Gasteiger partial charge in [-0.05, 0) is 17.7 Å². The minimum absolute atomic E-state index is 0.156. The smallest absolute Gasteiger partial charge is 0.293 e. The van der Waals surface area contributed by atoms with Crippen LogP contribution in [0.15, 0.2) is 18.2 Å². The quantitative estimate of drug-likeness (QED) is 0.724. The molecule has 0 atom stereocenters. The molecule has 6 nitrogen and oxygen atoms in total. The number of aromatic amines is 1. The maximum absolute atomic E-state index is 11.1. The van der Waals surface area contributed by atoms with Crippen LogP contribution in [0.3, 0.4) is 0 Å². The van der Waals surface area contributed by atoms with Crippen molar-refractivity contribution in [3.63, 3.8) is 0 Å². The van der Waals surface area contributed by atoms with E-state index in [2.05, 4.69) is 14.9 Å². The first-order valence-corrected chi connectivity index (χ1v) is 4.54. The van der Waals surface area contributed by atoms with Gasteiger partial charge in [0, 0.05) is 5.39 Å². The lowest BCUT2D eigenvalue weighted by atomic mass is 10.1. The standard InChI is InChI=1S/C10H9N3O3/c11-10(15)9-7-3-6(4-16-5-14)1-2-8(7)12-13-9/h1-3,5H,4H2,(H2,11,15)(H,12,13). The highest BCUT2D eigenvalue weighted by molar-refractivity contribution is 6.03. The Bertz CT molecular complexity index is 547. The molecule has 0 saturated carbocycles. The van der Waals surface area contributed by atoms with Crippen molar-refractivity contribution < 1.29 is 14.3 Å². The number of fused-ring (bicyclic) bond motifs is 1. The van der Waals surface area contributed by atoms with Crippen molar-refractivity contribution in [2.75, 3.05) is 0 Å². The van der Waals surface area contributed by atoms with E-state index in [1.165, 1.54) is 0 Å². The molecular formula is C10H9N3O3. The van der Waals surface area contributed by atoms with Gasteiger partial charge in [-0.3, -0.25) is 14.7 Å². The summed E-state index contributed by atoms with van der Waals surface area (Å²) >= 11 is 0. The zero-order chi connectivity index (χ0) is 11.5. The highest BCUT2D eigenvalue weighted by atomic mass is 16.5. The minimum Gasteiger partial charge on any atom is -0.463 e. The monoisotopic (exact) mass is 219 g/mol. The summed E-state index contributed by atoms with van der Waals surface area (Å²) in [5.41, 5.74) is 6.83. The van der Waals surface area contributed by atoms with Crippen molar-refractivity contribution in [2.45, 2.75) is 6.61 Å². The SMILES string of the molecule is NC(=O)c1n[nH]c2ccc(COC=O)cc12. The summed E-state index contributed by atoms with van der Waals surface area (Å²) in [6, 6.07) is 5.23. The van der Waals surface area contributed by atoms with E-state index >= 15 is 0 Å². The third kappa shape index (κ3) is 1.72. The van der Waals surface area contributed by atoms with Gasteiger partial charge in [0.05, 0.1) is 5.52 Å². The molecule has 0 saturated heterocycles. The average molecular weight is 219 g/mol. The molecule has 1 heterocycles. The van der Waals surface area contributed by atoms with Gasteiger partial charge in [-0.1, -0.05) is 6.07 Å². The second-order valence-electron chi connectivity index (χ2n) is 3.22. The van der Waals surface area contributed by atoms with Crippen LogP contribution in [-0.4, -0.2) is 22.6 Å². The fraction of sp³-hybridized carbons (Fsp3) is 0.100. The van der Waals surface area contributed by atoms with Crippen LogP contribution in [0.2, 0.25) is 0 Å². The Balaban J connectivity index is 2.45. The Labute approximate surface area is 90.4 Å². The van der Waals surface area contributed by atoms with Crippen LogP contribution in [0, 0.1) is 0 Å². The van der Waals surface area contributed by atoms with Crippen LogP contribution in [0.1, 0.15) is 16.1 Å². The number of carbonyl (C=O) groups is 2. The lowest BCUT2D eigenvalue weighted by Crippen LogP contribution is -2.11. The third-order valence-corrected chi connectivity index (χ3v) is 2.18. The molecule has 0 unspecified atom stereocenters. The molecule has 0 bridgehead atoms. The number of nitrogens with two attached hydrogens (primary N) is 1. The van der Waals surface area contributed by atoms with E-state index in [1.807, 2.05) is 0 Å². The van der Waals surface area contributed by atoms with E-state index in [0.717, 1.165) is 5.56 Å². The number of nitrogens with zero attached hydrogens (tertiary/aromatic N) is 1. The third-order valence-electron chi connectivity index (χ3n) is 2.18. The number of amides is 1. The van der Waals surface area contributed by atoms with Gasteiger partial charge in [0.2, 0.25) is 0 Å². The Morgan fingerprint density at radius 2 is 2.38 bits per heavy atom. The molecule has 0 spiro atoms. The number of benzene rings is 1. The first-order valence-electron chi connectivity index (χ1n) is 4.54. The number of primary amides is 1. The van der Waals surface area contributed by atoms with Crippen molar-refractivity contribution >= 4 is 23.3 Å². The largest absolute Gasteiger partial charge is 0.463 e. The molecule has 0 aliphatic rings. The molecular weight excluding hydrogens is 210 g/mol. The van der Waals surface area contributed by atoms with E-state index < -0.39 is 5.91 Å². The van der Waals surface area contributed by atoms with E-state index in [9.17, 15) is 9.59 Å². The predicted molar refractivity (Wildman–Crippen MR) is 55.5 cm³/mol. The fourth-order valence-corrected chi connectivity index (χ4v) is 1.47. The molecule has 0 aliphatic carbocycles. The first kappa shape index (κ1) is 10.2. The maximum Gasteiger partial charge on any atom is 0.293 e. The zero-order valence-corrected chi connectivity index (χ0v) is 8.27. The Morgan fingerprint density at radius 3 is 3.06 bits per heavy atom. The number of hydrogen-bond donors (Lipinski definition) is 2. The summed E-state index contributed by atoms with van der Waals surface area (Å²) < 4.78 is 4.62. The number of H-pyrrole nitrogens is 1. The number of ether oxygens (including phenoxy) is 1. The average Bonchev–Trinajstić information content (AvgIpc) is 2.69. The maximum atomic E-state index is 11.1. The summed E-state index contributed by atoms with van der Waals surface area (Å²) in [6.45, 7) is 0.525. The van der Waals surface area contributed by atoms with E-state index in [4.69, 9.17) is 5.73 Å². The lowest BCUT2D eigenvalue weighted by Gasteiger charge is -1.99. The van der Waals surface area contributed by atoms with Crippen LogP contribution < -0.4 is 5.73 Å². The fourth-order valence-electron chi connectivity index (χ4n) is 1.47. The van der Waals surface area contributed by atoms with Crippen LogP contribution in [0.25, 0.3) is 10.9 Å². The van der Waals surface area contributed by atoms with Gasteiger partial charge in [0.15, 0.2) is 5.69 Å². The molecule has 6 heteroatoms. The van der Waals surface area contributed by atoms with E-state index in [1.54, 1.807) is 18.2 Å². The van der Waals surface area contributed by atoms with Crippen molar-refractivity contribution in [1.82, 2.24) is 10.2 Å². The summed E-state index contributed by atoms with van der Waals surface area (Å²) in [6.07, 6.45) is 0. The summed E-state index contributed by atoms with van der Waals surface area (Å²) in [7, 11) is 0. The van der Waals surface area contributed by atoms with Crippen LogP contribution in [0.5, 0.6) is 0 Å². The Hall–Kier alpha value is -2.37. The van der Waals surface area contributed by atoms with Gasteiger partial charge in [0.25, 0.3) is 12.4 Å². The van der Waals surface area contributed by atoms with Crippen molar-refractivity contribution in [2.24, 2.45) is 5.73 Å². The van der Waals surface area contributed by atoms with Gasteiger partial charge in [-0.2, -0.15) is 5.10 Å². The molecule has 82 valence electrons. The highest BCUT2D eigenvalue weighted by Gasteiger charge is 2.10. The van der Waals surface area contributed by atoms with E-state index in [0.29, 0.717) is 17.4 Å². The second kappa shape index (κ2) is 4.01. The predicted octanol–water partition coefficient (Wildman–Crippen LogP) is 0.335. The molecule has 0 radical (unpaired) electrons. The van der Waals surface area contributed by atoms with Crippen molar-refractivity contribution in [1.29, 1.82) is 0 Å². The summed E-state index contributed by atoms with van der Waals surface area (Å²) in [4.78, 5) is 21.1. The Morgan fingerprint density at radius 1 is 1.56 bits per heavy atom. The second-order valence-corrected chi connectivity index (χ2v) is 3.22. The van der Waals surface area contributed by atoms with Gasteiger partial charge < -0.3 is 10.5 Å². The van der Waals surface area contributed by atoms with Crippen LogP contribution in [-0.2, 0) is 16.1 Å². The van der Waals surface area contributed by atoms with Gasteiger partial charge >= 0.3 is 0 Å². The number of hydrogen-bond acceptors (Lipinski definition) is 4. The number of rotatable bonds is 4. The molecule has 1 amide bonds. The molecule has 1 aromatic heterocycles.